The zero-order valence-corrected chi connectivity index (χ0v) is 8.30. The van der Waals surface area contributed by atoms with Crippen molar-refractivity contribution < 1.29 is 4.74 Å². The van der Waals surface area contributed by atoms with Crippen molar-refractivity contribution in [3.63, 3.8) is 0 Å². The summed E-state index contributed by atoms with van der Waals surface area (Å²) in [7, 11) is 0. The second kappa shape index (κ2) is 4.94. The summed E-state index contributed by atoms with van der Waals surface area (Å²) in [5.41, 5.74) is 0. The third kappa shape index (κ3) is 2.93. The van der Waals surface area contributed by atoms with Crippen molar-refractivity contribution in [1.82, 2.24) is 10.2 Å². The molecule has 0 aromatic rings. The molecular formula is C10H20N2O. The Bertz CT molecular complexity index is 140. The van der Waals surface area contributed by atoms with Crippen LogP contribution in [0.5, 0.6) is 0 Å². The van der Waals surface area contributed by atoms with Gasteiger partial charge in [0, 0.05) is 19.1 Å². The average molecular weight is 184 g/mol. The highest BCUT2D eigenvalue weighted by molar-refractivity contribution is 4.75. The van der Waals surface area contributed by atoms with Gasteiger partial charge in [0.1, 0.15) is 0 Å². The maximum absolute atomic E-state index is 5.31. The van der Waals surface area contributed by atoms with E-state index in [4.69, 9.17) is 4.74 Å². The van der Waals surface area contributed by atoms with Crippen LogP contribution in [0.3, 0.4) is 0 Å². The van der Waals surface area contributed by atoms with E-state index >= 15 is 0 Å². The van der Waals surface area contributed by atoms with Crippen molar-refractivity contribution in [3.8, 4) is 0 Å². The Labute approximate surface area is 80.4 Å². The Morgan fingerprint density at radius 2 is 2.15 bits per heavy atom. The van der Waals surface area contributed by atoms with E-state index in [-0.39, 0.29) is 0 Å². The molecule has 0 aromatic heterocycles. The van der Waals surface area contributed by atoms with Crippen LogP contribution in [0.15, 0.2) is 0 Å². The molecule has 0 aromatic carbocycles. The summed E-state index contributed by atoms with van der Waals surface area (Å²) < 4.78 is 5.31. The Morgan fingerprint density at radius 1 is 1.31 bits per heavy atom. The molecule has 2 aliphatic rings. The van der Waals surface area contributed by atoms with E-state index in [1.165, 1.54) is 32.4 Å². The van der Waals surface area contributed by atoms with Crippen molar-refractivity contribution in [2.45, 2.75) is 25.3 Å². The summed E-state index contributed by atoms with van der Waals surface area (Å²) in [5, 5.41) is 3.54. The normalized spacial score (nSPS) is 30.9. The van der Waals surface area contributed by atoms with Gasteiger partial charge in [-0.15, -0.1) is 0 Å². The number of ether oxygens (including phenoxy) is 1. The number of rotatable bonds is 3. The Kier molecular flexibility index (Phi) is 3.58. The number of nitrogens with one attached hydrogen (secondary N) is 1. The molecule has 2 rings (SSSR count). The lowest BCUT2D eigenvalue weighted by Crippen LogP contribution is -2.38. The zero-order valence-electron chi connectivity index (χ0n) is 8.30. The third-order valence-electron chi connectivity index (χ3n) is 3.06. The fourth-order valence-electron chi connectivity index (χ4n) is 2.17. The minimum atomic E-state index is 0.794. The molecule has 3 heteroatoms. The molecule has 0 radical (unpaired) electrons. The number of hydrogen-bond acceptors (Lipinski definition) is 3. The van der Waals surface area contributed by atoms with Gasteiger partial charge in [0.25, 0.3) is 0 Å². The van der Waals surface area contributed by atoms with Crippen molar-refractivity contribution in [3.05, 3.63) is 0 Å². The van der Waals surface area contributed by atoms with Gasteiger partial charge in [-0.1, -0.05) is 0 Å². The van der Waals surface area contributed by atoms with E-state index in [1.807, 2.05) is 0 Å². The molecule has 0 amide bonds. The van der Waals surface area contributed by atoms with Gasteiger partial charge in [-0.05, 0) is 32.4 Å². The van der Waals surface area contributed by atoms with E-state index in [2.05, 4.69) is 10.2 Å². The molecule has 0 bridgehead atoms. The molecule has 2 heterocycles. The van der Waals surface area contributed by atoms with Gasteiger partial charge in [-0.3, -0.25) is 4.90 Å². The smallest absolute Gasteiger partial charge is 0.0594 e. The largest absolute Gasteiger partial charge is 0.379 e. The third-order valence-corrected chi connectivity index (χ3v) is 3.06. The fraction of sp³-hybridized carbons (Fsp3) is 1.00. The van der Waals surface area contributed by atoms with Crippen LogP contribution in [0.25, 0.3) is 0 Å². The lowest BCUT2D eigenvalue weighted by atomic mass is 10.1. The Hall–Kier alpha value is -0.120. The van der Waals surface area contributed by atoms with Crippen LogP contribution in [-0.2, 0) is 4.74 Å². The molecule has 2 aliphatic heterocycles. The first-order valence-electron chi connectivity index (χ1n) is 5.48. The molecule has 0 saturated carbocycles. The first kappa shape index (κ1) is 9.44. The maximum atomic E-state index is 5.31. The number of hydrogen-bond donors (Lipinski definition) is 1. The van der Waals surface area contributed by atoms with Crippen molar-refractivity contribution in [1.29, 1.82) is 0 Å². The Morgan fingerprint density at radius 3 is 2.85 bits per heavy atom. The van der Waals surface area contributed by atoms with Crippen LogP contribution in [0.2, 0.25) is 0 Å². The van der Waals surface area contributed by atoms with Crippen LogP contribution in [0, 0.1) is 0 Å². The molecule has 0 unspecified atom stereocenters. The minimum absolute atomic E-state index is 0.794. The molecule has 0 aliphatic carbocycles. The molecule has 1 N–H and O–H groups in total. The van der Waals surface area contributed by atoms with E-state index in [0.29, 0.717) is 0 Å². The lowest BCUT2D eigenvalue weighted by Gasteiger charge is -2.27. The molecule has 3 nitrogen and oxygen atoms in total. The summed E-state index contributed by atoms with van der Waals surface area (Å²) >= 11 is 0. The second-order valence-corrected chi connectivity index (χ2v) is 4.04. The standard InChI is InChI=1S/C10H20N2O/c1-2-10(11-4-1)3-5-12-6-8-13-9-7-12/h10-11H,1-9H2/t10-/m1/s1. The van der Waals surface area contributed by atoms with Gasteiger partial charge in [-0.2, -0.15) is 0 Å². The second-order valence-electron chi connectivity index (χ2n) is 4.04. The van der Waals surface area contributed by atoms with Crippen molar-refractivity contribution in [2.24, 2.45) is 0 Å². The number of nitrogens with zero attached hydrogens (tertiary/aromatic N) is 1. The first-order valence-corrected chi connectivity index (χ1v) is 5.48. The highest BCUT2D eigenvalue weighted by atomic mass is 16.5. The van der Waals surface area contributed by atoms with Crippen LogP contribution < -0.4 is 5.32 Å². The van der Waals surface area contributed by atoms with Gasteiger partial charge in [0.2, 0.25) is 0 Å². The predicted molar refractivity (Wildman–Crippen MR) is 52.9 cm³/mol. The first-order chi connectivity index (χ1) is 6.45. The highest BCUT2D eigenvalue weighted by Gasteiger charge is 2.16. The predicted octanol–water partition coefficient (Wildman–Crippen LogP) is 0.461. The quantitative estimate of drug-likeness (QED) is 0.689. The molecule has 2 saturated heterocycles. The molecule has 13 heavy (non-hydrogen) atoms. The molecular weight excluding hydrogens is 164 g/mol. The van der Waals surface area contributed by atoms with Crippen molar-refractivity contribution >= 4 is 0 Å². The number of morpholine rings is 1. The van der Waals surface area contributed by atoms with Crippen LogP contribution in [-0.4, -0.2) is 50.3 Å². The molecule has 76 valence electrons. The summed E-state index contributed by atoms with van der Waals surface area (Å²) in [4.78, 5) is 2.52. The fourth-order valence-corrected chi connectivity index (χ4v) is 2.17. The van der Waals surface area contributed by atoms with Crippen LogP contribution >= 0.6 is 0 Å². The highest BCUT2D eigenvalue weighted by Crippen LogP contribution is 2.09. The summed E-state index contributed by atoms with van der Waals surface area (Å²) in [6, 6.07) is 0.794. The van der Waals surface area contributed by atoms with Gasteiger partial charge < -0.3 is 10.1 Å². The maximum Gasteiger partial charge on any atom is 0.0594 e. The summed E-state index contributed by atoms with van der Waals surface area (Å²) in [6.07, 6.45) is 4.07. The van der Waals surface area contributed by atoms with Crippen molar-refractivity contribution in [2.75, 3.05) is 39.4 Å². The Balaban J connectivity index is 1.60. The molecule has 2 fully saturated rings. The summed E-state index contributed by atoms with van der Waals surface area (Å²) in [6.45, 7) is 6.60. The van der Waals surface area contributed by atoms with Gasteiger partial charge in [0.05, 0.1) is 13.2 Å². The van der Waals surface area contributed by atoms with Crippen LogP contribution in [0.4, 0.5) is 0 Å². The molecule has 1 atom stereocenters. The van der Waals surface area contributed by atoms with E-state index in [1.54, 1.807) is 0 Å². The average Bonchev–Trinajstić information content (AvgIpc) is 2.69. The van der Waals surface area contributed by atoms with Gasteiger partial charge in [0.15, 0.2) is 0 Å². The monoisotopic (exact) mass is 184 g/mol. The molecule has 0 spiro atoms. The summed E-state index contributed by atoms with van der Waals surface area (Å²) in [5.74, 6) is 0. The van der Waals surface area contributed by atoms with E-state index < -0.39 is 0 Å². The van der Waals surface area contributed by atoms with Gasteiger partial charge >= 0.3 is 0 Å². The lowest BCUT2D eigenvalue weighted by molar-refractivity contribution is 0.0364. The SMILES string of the molecule is C1CN[C@@H](CCN2CCOCC2)C1. The topological polar surface area (TPSA) is 24.5 Å². The van der Waals surface area contributed by atoms with E-state index in [9.17, 15) is 0 Å². The van der Waals surface area contributed by atoms with Gasteiger partial charge in [-0.25, -0.2) is 0 Å². The van der Waals surface area contributed by atoms with Crippen LogP contribution in [0.1, 0.15) is 19.3 Å². The zero-order chi connectivity index (χ0) is 8.93. The van der Waals surface area contributed by atoms with E-state index in [0.717, 1.165) is 32.3 Å². The minimum Gasteiger partial charge on any atom is -0.379 e.